The highest BCUT2D eigenvalue weighted by Gasteiger charge is 2.34. The van der Waals surface area contributed by atoms with Gasteiger partial charge in [0.05, 0.1) is 5.69 Å². The zero-order chi connectivity index (χ0) is 15.7. The summed E-state index contributed by atoms with van der Waals surface area (Å²) >= 11 is 6.59. The van der Waals surface area contributed by atoms with Crippen molar-refractivity contribution in [2.75, 3.05) is 12.3 Å². The predicted octanol–water partition coefficient (Wildman–Crippen LogP) is 4.04. The monoisotopic (exact) mass is 438 g/mol. The Morgan fingerprint density at radius 3 is 2.43 bits per heavy atom. The molecule has 1 aliphatic carbocycles. The molecule has 1 aliphatic rings. The van der Waals surface area contributed by atoms with Gasteiger partial charge in [0.15, 0.2) is 0 Å². The van der Waals surface area contributed by atoms with Crippen molar-refractivity contribution in [3.63, 3.8) is 0 Å². The maximum absolute atomic E-state index is 12.6. The van der Waals surface area contributed by atoms with E-state index in [1.54, 1.807) is 12.1 Å². The molecule has 0 spiro atoms. The van der Waals surface area contributed by atoms with Gasteiger partial charge in [-0.15, -0.1) is 0 Å². The molecule has 0 heterocycles. The van der Waals surface area contributed by atoms with Crippen molar-refractivity contribution in [2.45, 2.75) is 43.9 Å². The van der Waals surface area contributed by atoms with Gasteiger partial charge in [0, 0.05) is 15.5 Å². The van der Waals surface area contributed by atoms with Crippen molar-refractivity contribution in [1.29, 1.82) is 0 Å². The molecule has 118 valence electrons. The summed E-state index contributed by atoms with van der Waals surface area (Å²) in [6.07, 6.45) is 5.53. The zero-order valence-electron chi connectivity index (χ0n) is 12.0. The fourth-order valence-electron chi connectivity index (χ4n) is 2.96. The summed E-state index contributed by atoms with van der Waals surface area (Å²) in [6, 6.07) is 3.29. The number of anilines is 1. The summed E-state index contributed by atoms with van der Waals surface area (Å²) in [5, 5.41) is 0. The van der Waals surface area contributed by atoms with Crippen LogP contribution >= 0.6 is 31.9 Å². The van der Waals surface area contributed by atoms with Crippen LogP contribution in [-0.4, -0.2) is 15.0 Å². The second kappa shape index (κ2) is 6.56. The summed E-state index contributed by atoms with van der Waals surface area (Å²) in [5.74, 6) is 0. The number of nitrogens with one attached hydrogen (secondary N) is 1. The van der Waals surface area contributed by atoms with Crippen LogP contribution in [0.2, 0.25) is 0 Å². The van der Waals surface area contributed by atoms with Gasteiger partial charge >= 0.3 is 0 Å². The van der Waals surface area contributed by atoms with Crippen LogP contribution in [0.15, 0.2) is 26.0 Å². The third-order valence-corrected chi connectivity index (χ3v) is 7.22. The number of sulfonamides is 1. The van der Waals surface area contributed by atoms with Gasteiger partial charge in [0.2, 0.25) is 10.0 Å². The van der Waals surface area contributed by atoms with Crippen molar-refractivity contribution in [2.24, 2.45) is 5.41 Å². The fourth-order valence-corrected chi connectivity index (χ4v) is 6.19. The molecule has 1 aromatic carbocycles. The molecule has 3 N–H and O–H groups in total. The third kappa shape index (κ3) is 3.81. The van der Waals surface area contributed by atoms with Crippen LogP contribution < -0.4 is 10.5 Å². The number of hydrogen-bond acceptors (Lipinski definition) is 3. The standard InChI is InChI=1S/C14H20Br2N2O2S/c1-2-14(5-3-4-6-14)9-18-21(19,20)13-11(16)7-10(15)8-12(13)17/h7-8,18H,2-6,9,17H2,1H3. The van der Waals surface area contributed by atoms with E-state index in [4.69, 9.17) is 5.73 Å². The van der Waals surface area contributed by atoms with Crippen LogP contribution in [0, 0.1) is 5.41 Å². The SMILES string of the molecule is CCC1(CNS(=O)(=O)c2c(N)cc(Br)cc2Br)CCCC1. The van der Waals surface area contributed by atoms with Crippen molar-refractivity contribution < 1.29 is 8.42 Å². The molecule has 1 fully saturated rings. The first-order chi connectivity index (χ1) is 9.80. The number of rotatable bonds is 5. The Kier molecular flexibility index (Phi) is 5.39. The van der Waals surface area contributed by atoms with E-state index < -0.39 is 10.0 Å². The van der Waals surface area contributed by atoms with Crippen LogP contribution in [0.5, 0.6) is 0 Å². The second-order valence-corrected chi connectivity index (χ2v) is 9.16. The second-order valence-electron chi connectivity index (χ2n) is 5.69. The van der Waals surface area contributed by atoms with Crippen LogP contribution in [0.4, 0.5) is 5.69 Å². The Labute approximate surface area is 143 Å². The minimum absolute atomic E-state index is 0.101. The highest BCUT2D eigenvalue weighted by Crippen LogP contribution is 2.41. The molecule has 0 aromatic heterocycles. The lowest BCUT2D eigenvalue weighted by Crippen LogP contribution is -2.36. The van der Waals surface area contributed by atoms with Gasteiger partial charge in [0.1, 0.15) is 4.90 Å². The van der Waals surface area contributed by atoms with E-state index in [1.807, 2.05) is 0 Å². The Morgan fingerprint density at radius 1 is 1.29 bits per heavy atom. The first kappa shape index (κ1) is 17.2. The Morgan fingerprint density at radius 2 is 1.90 bits per heavy atom. The quantitative estimate of drug-likeness (QED) is 0.679. The van der Waals surface area contributed by atoms with Gasteiger partial charge in [-0.25, -0.2) is 13.1 Å². The first-order valence-electron chi connectivity index (χ1n) is 7.04. The normalized spacial score (nSPS) is 18.0. The van der Waals surface area contributed by atoms with E-state index in [2.05, 4.69) is 43.5 Å². The van der Waals surface area contributed by atoms with Gasteiger partial charge in [-0.3, -0.25) is 0 Å². The number of nitrogen functional groups attached to an aromatic ring is 1. The molecule has 0 radical (unpaired) electrons. The van der Waals surface area contributed by atoms with E-state index in [1.165, 1.54) is 12.8 Å². The van der Waals surface area contributed by atoms with Crippen LogP contribution in [0.25, 0.3) is 0 Å². The molecular formula is C14H20Br2N2O2S. The van der Waals surface area contributed by atoms with Crippen LogP contribution in [-0.2, 0) is 10.0 Å². The van der Waals surface area contributed by atoms with Crippen molar-refractivity contribution in [1.82, 2.24) is 4.72 Å². The van der Waals surface area contributed by atoms with Gasteiger partial charge in [0.25, 0.3) is 0 Å². The largest absolute Gasteiger partial charge is 0.398 e. The molecule has 1 aromatic rings. The summed E-state index contributed by atoms with van der Waals surface area (Å²) in [4.78, 5) is 0.120. The maximum atomic E-state index is 12.6. The van der Waals surface area contributed by atoms with Crippen molar-refractivity contribution in [3.05, 3.63) is 21.1 Å². The fraction of sp³-hybridized carbons (Fsp3) is 0.571. The molecule has 0 saturated heterocycles. The molecule has 7 heteroatoms. The highest BCUT2D eigenvalue weighted by molar-refractivity contribution is 9.11. The summed E-state index contributed by atoms with van der Waals surface area (Å²) in [7, 11) is -3.62. The van der Waals surface area contributed by atoms with E-state index in [9.17, 15) is 8.42 Å². The topological polar surface area (TPSA) is 72.2 Å². The lowest BCUT2D eigenvalue weighted by atomic mass is 9.84. The molecule has 4 nitrogen and oxygen atoms in total. The van der Waals surface area contributed by atoms with Crippen molar-refractivity contribution in [3.8, 4) is 0 Å². The minimum atomic E-state index is -3.62. The Balaban J connectivity index is 2.23. The predicted molar refractivity (Wildman–Crippen MR) is 92.6 cm³/mol. The van der Waals surface area contributed by atoms with E-state index >= 15 is 0 Å². The Bertz CT molecular complexity index is 603. The lowest BCUT2D eigenvalue weighted by Gasteiger charge is -2.27. The smallest absolute Gasteiger partial charge is 0.243 e. The average molecular weight is 440 g/mol. The molecule has 1 saturated carbocycles. The Hall–Kier alpha value is -0.110. The summed E-state index contributed by atoms with van der Waals surface area (Å²) in [6.45, 7) is 2.61. The maximum Gasteiger partial charge on any atom is 0.243 e. The van der Waals surface area contributed by atoms with E-state index in [0.29, 0.717) is 11.0 Å². The number of hydrogen-bond donors (Lipinski definition) is 2. The molecule has 2 rings (SSSR count). The molecule has 0 bridgehead atoms. The molecule has 0 aliphatic heterocycles. The first-order valence-corrected chi connectivity index (χ1v) is 10.1. The zero-order valence-corrected chi connectivity index (χ0v) is 15.9. The van der Waals surface area contributed by atoms with Crippen LogP contribution in [0.1, 0.15) is 39.0 Å². The van der Waals surface area contributed by atoms with Gasteiger partial charge in [-0.2, -0.15) is 0 Å². The molecular weight excluding hydrogens is 420 g/mol. The molecule has 21 heavy (non-hydrogen) atoms. The lowest BCUT2D eigenvalue weighted by molar-refractivity contribution is 0.285. The van der Waals surface area contributed by atoms with Gasteiger partial charge in [-0.05, 0) is 52.7 Å². The van der Waals surface area contributed by atoms with Crippen LogP contribution in [0.3, 0.4) is 0 Å². The van der Waals surface area contributed by atoms with Gasteiger partial charge < -0.3 is 5.73 Å². The van der Waals surface area contributed by atoms with E-state index in [-0.39, 0.29) is 16.0 Å². The van der Waals surface area contributed by atoms with E-state index in [0.717, 1.165) is 23.7 Å². The summed E-state index contributed by atoms with van der Waals surface area (Å²) < 4.78 is 29.1. The molecule has 0 amide bonds. The number of benzene rings is 1. The number of halogens is 2. The molecule has 0 unspecified atom stereocenters. The third-order valence-electron chi connectivity index (χ3n) is 4.36. The highest BCUT2D eigenvalue weighted by atomic mass is 79.9. The minimum Gasteiger partial charge on any atom is -0.398 e. The summed E-state index contributed by atoms with van der Waals surface area (Å²) in [5.41, 5.74) is 6.22. The van der Waals surface area contributed by atoms with Crippen molar-refractivity contribution >= 4 is 47.6 Å². The van der Waals surface area contributed by atoms with Gasteiger partial charge in [-0.1, -0.05) is 35.7 Å². The average Bonchev–Trinajstić information content (AvgIpc) is 2.84. The number of nitrogens with two attached hydrogens (primary N) is 1. The molecule has 0 atom stereocenters.